The zero-order valence-electron chi connectivity index (χ0n) is 14.5. The van der Waals surface area contributed by atoms with Crippen LogP contribution in [0.15, 0.2) is 42.6 Å². The van der Waals surface area contributed by atoms with Crippen LogP contribution in [0.5, 0.6) is 0 Å². The van der Waals surface area contributed by atoms with Crippen molar-refractivity contribution in [3.63, 3.8) is 0 Å². The summed E-state index contributed by atoms with van der Waals surface area (Å²) < 4.78 is 0. The third-order valence-electron chi connectivity index (χ3n) is 3.85. The third-order valence-corrected chi connectivity index (χ3v) is 4.76. The molecule has 3 aromatic rings. The topological polar surface area (TPSA) is 66.9 Å². The molecule has 5 nitrogen and oxygen atoms in total. The number of para-hydroxylation sites is 1. The van der Waals surface area contributed by atoms with Crippen LogP contribution in [0.25, 0.3) is 0 Å². The first kappa shape index (κ1) is 17.1. The number of rotatable bonds is 5. The van der Waals surface area contributed by atoms with Crippen molar-refractivity contribution in [3.05, 3.63) is 64.3 Å². The number of hydrogen-bond donors (Lipinski definition) is 2. The zero-order valence-corrected chi connectivity index (χ0v) is 15.3. The molecule has 0 atom stereocenters. The Morgan fingerprint density at radius 1 is 1.12 bits per heavy atom. The van der Waals surface area contributed by atoms with Gasteiger partial charge in [-0.25, -0.2) is 9.97 Å². The Hall–Kier alpha value is -2.73. The van der Waals surface area contributed by atoms with Crippen LogP contribution in [-0.4, -0.2) is 15.9 Å². The van der Waals surface area contributed by atoms with E-state index in [-0.39, 0.29) is 5.91 Å². The van der Waals surface area contributed by atoms with E-state index in [0.29, 0.717) is 10.0 Å². The summed E-state index contributed by atoms with van der Waals surface area (Å²) in [6, 6.07) is 11.8. The Labute approximate surface area is 151 Å². The van der Waals surface area contributed by atoms with Gasteiger partial charge in [-0.3, -0.25) is 4.79 Å². The van der Waals surface area contributed by atoms with Crippen molar-refractivity contribution >= 4 is 33.9 Å². The fourth-order valence-electron chi connectivity index (χ4n) is 2.48. The van der Waals surface area contributed by atoms with Gasteiger partial charge in [0.2, 0.25) is 0 Å². The molecule has 0 saturated carbocycles. The summed E-state index contributed by atoms with van der Waals surface area (Å²) in [5.74, 6) is 0.577. The number of pyridine rings is 1. The summed E-state index contributed by atoms with van der Waals surface area (Å²) in [4.78, 5) is 21.8. The molecule has 0 spiro atoms. The molecule has 0 unspecified atom stereocenters. The van der Waals surface area contributed by atoms with Crippen molar-refractivity contribution in [3.8, 4) is 0 Å². The van der Waals surface area contributed by atoms with Crippen molar-refractivity contribution < 1.29 is 4.79 Å². The van der Waals surface area contributed by atoms with Crippen LogP contribution in [0.1, 0.15) is 33.4 Å². The minimum Gasteiger partial charge on any atom is -0.321 e. The van der Waals surface area contributed by atoms with E-state index in [1.165, 1.54) is 11.3 Å². The maximum Gasteiger partial charge on any atom is 0.267 e. The summed E-state index contributed by atoms with van der Waals surface area (Å²) >= 11 is 1.31. The standard InChI is InChI=1S/C19H20N4OS/c1-4-14-9-6-10-16(21-14)22-19-20-11-15(25-19)18(24)23-17-12(2)7-5-8-13(17)3/h5-11H,4H2,1-3H3,(H,23,24)(H,20,21,22). The molecule has 2 heterocycles. The van der Waals surface area contributed by atoms with Gasteiger partial charge in [-0.2, -0.15) is 0 Å². The quantitative estimate of drug-likeness (QED) is 0.698. The molecule has 0 aliphatic heterocycles. The number of amides is 1. The van der Waals surface area contributed by atoms with Gasteiger partial charge in [-0.1, -0.05) is 42.5 Å². The average Bonchev–Trinajstić information content (AvgIpc) is 3.07. The lowest BCUT2D eigenvalue weighted by molar-refractivity contribution is 0.103. The molecule has 1 amide bonds. The Bertz CT molecular complexity index is 884. The predicted molar refractivity (Wildman–Crippen MR) is 103 cm³/mol. The molecule has 6 heteroatoms. The van der Waals surface area contributed by atoms with Crippen LogP contribution in [0.2, 0.25) is 0 Å². The van der Waals surface area contributed by atoms with E-state index >= 15 is 0 Å². The first-order valence-corrected chi connectivity index (χ1v) is 8.95. The van der Waals surface area contributed by atoms with Crippen LogP contribution in [-0.2, 0) is 6.42 Å². The van der Waals surface area contributed by atoms with Gasteiger partial charge in [-0.15, -0.1) is 0 Å². The lowest BCUT2D eigenvalue weighted by Gasteiger charge is -2.10. The highest BCUT2D eigenvalue weighted by atomic mass is 32.1. The molecule has 0 aliphatic carbocycles. The van der Waals surface area contributed by atoms with E-state index in [9.17, 15) is 4.79 Å². The molecular weight excluding hydrogens is 332 g/mol. The summed E-state index contributed by atoms with van der Waals surface area (Å²) in [7, 11) is 0. The lowest BCUT2D eigenvalue weighted by atomic mass is 10.1. The van der Waals surface area contributed by atoms with E-state index in [1.807, 2.05) is 50.2 Å². The van der Waals surface area contributed by atoms with Gasteiger partial charge in [0, 0.05) is 11.4 Å². The van der Waals surface area contributed by atoms with Crippen molar-refractivity contribution in [1.82, 2.24) is 9.97 Å². The number of carbonyl (C=O) groups is 1. The Balaban J connectivity index is 1.73. The van der Waals surface area contributed by atoms with Crippen molar-refractivity contribution in [1.29, 1.82) is 0 Å². The first-order valence-electron chi connectivity index (χ1n) is 8.13. The fraction of sp³-hybridized carbons (Fsp3) is 0.211. The second-order valence-corrected chi connectivity index (χ2v) is 6.77. The minimum absolute atomic E-state index is 0.154. The number of aryl methyl sites for hydroxylation is 3. The van der Waals surface area contributed by atoms with E-state index in [4.69, 9.17) is 0 Å². The molecule has 2 N–H and O–H groups in total. The van der Waals surface area contributed by atoms with Gasteiger partial charge in [-0.05, 0) is 43.5 Å². The molecule has 0 fully saturated rings. The summed E-state index contributed by atoms with van der Waals surface area (Å²) in [5, 5.41) is 6.78. The van der Waals surface area contributed by atoms with Gasteiger partial charge >= 0.3 is 0 Å². The highest BCUT2D eigenvalue weighted by Crippen LogP contribution is 2.25. The maximum atomic E-state index is 12.5. The second kappa shape index (κ2) is 7.44. The smallest absolute Gasteiger partial charge is 0.267 e. The molecule has 1 aromatic carbocycles. The van der Waals surface area contributed by atoms with Gasteiger partial charge in [0.15, 0.2) is 5.13 Å². The molecule has 0 radical (unpaired) electrons. The fourth-order valence-corrected chi connectivity index (χ4v) is 3.20. The van der Waals surface area contributed by atoms with Crippen molar-refractivity contribution in [2.45, 2.75) is 27.2 Å². The normalized spacial score (nSPS) is 10.5. The Morgan fingerprint density at radius 2 is 1.84 bits per heavy atom. The number of nitrogens with one attached hydrogen (secondary N) is 2. The number of hydrogen-bond acceptors (Lipinski definition) is 5. The molecule has 0 saturated heterocycles. The van der Waals surface area contributed by atoms with Gasteiger partial charge in [0.25, 0.3) is 5.91 Å². The van der Waals surface area contributed by atoms with E-state index < -0.39 is 0 Å². The molecule has 2 aromatic heterocycles. The molecular formula is C19H20N4OS. The third kappa shape index (κ3) is 4.03. The van der Waals surface area contributed by atoms with Crippen LogP contribution in [0.3, 0.4) is 0 Å². The Kier molecular flexibility index (Phi) is 5.09. The molecule has 128 valence electrons. The average molecular weight is 352 g/mol. The van der Waals surface area contributed by atoms with Crippen LogP contribution >= 0.6 is 11.3 Å². The number of anilines is 3. The SMILES string of the molecule is CCc1cccc(Nc2ncc(C(=O)Nc3c(C)cccc3C)s2)n1. The van der Waals surface area contributed by atoms with Crippen molar-refractivity contribution in [2.75, 3.05) is 10.6 Å². The summed E-state index contributed by atoms with van der Waals surface area (Å²) in [6.07, 6.45) is 2.45. The predicted octanol–water partition coefficient (Wildman–Crippen LogP) is 4.71. The molecule has 0 aliphatic rings. The molecule has 3 rings (SSSR count). The maximum absolute atomic E-state index is 12.5. The summed E-state index contributed by atoms with van der Waals surface area (Å²) in [5.41, 5.74) is 3.94. The van der Waals surface area contributed by atoms with Crippen LogP contribution < -0.4 is 10.6 Å². The highest BCUT2D eigenvalue weighted by molar-refractivity contribution is 7.17. The molecule has 25 heavy (non-hydrogen) atoms. The molecule has 0 bridgehead atoms. The number of carbonyl (C=O) groups excluding carboxylic acids is 1. The minimum atomic E-state index is -0.154. The van der Waals surface area contributed by atoms with Crippen molar-refractivity contribution in [2.24, 2.45) is 0 Å². The van der Waals surface area contributed by atoms with Gasteiger partial charge in [0.05, 0.1) is 6.20 Å². The number of benzene rings is 1. The number of aromatic nitrogens is 2. The highest BCUT2D eigenvalue weighted by Gasteiger charge is 2.13. The van der Waals surface area contributed by atoms with Gasteiger partial charge < -0.3 is 10.6 Å². The number of nitrogens with zero attached hydrogens (tertiary/aromatic N) is 2. The van der Waals surface area contributed by atoms with Gasteiger partial charge in [0.1, 0.15) is 10.7 Å². The monoisotopic (exact) mass is 352 g/mol. The van der Waals surface area contributed by atoms with E-state index in [1.54, 1.807) is 6.20 Å². The second-order valence-electron chi connectivity index (χ2n) is 5.74. The lowest BCUT2D eigenvalue weighted by Crippen LogP contribution is -2.12. The number of thiazole rings is 1. The largest absolute Gasteiger partial charge is 0.321 e. The van der Waals surface area contributed by atoms with Crippen LogP contribution in [0, 0.1) is 13.8 Å². The van der Waals surface area contributed by atoms with E-state index in [2.05, 4.69) is 27.5 Å². The van der Waals surface area contributed by atoms with Crippen LogP contribution in [0.4, 0.5) is 16.6 Å². The summed E-state index contributed by atoms with van der Waals surface area (Å²) in [6.45, 7) is 6.02. The zero-order chi connectivity index (χ0) is 17.8. The Morgan fingerprint density at radius 3 is 2.56 bits per heavy atom. The van der Waals surface area contributed by atoms with E-state index in [0.717, 1.165) is 34.7 Å². The first-order chi connectivity index (χ1) is 12.1.